The molecule has 316 valence electrons. The second-order valence-corrected chi connectivity index (χ2v) is 16.7. The first kappa shape index (κ1) is 52.1. The summed E-state index contributed by atoms with van der Waals surface area (Å²) in [5, 5.41) is 33.2. The van der Waals surface area contributed by atoms with Crippen molar-refractivity contribution in [3.63, 3.8) is 0 Å². The van der Waals surface area contributed by atoms with Crippen LogP contribution < -0.4 is 5.32 Å². The molecule has 0 heterocycles. The number of carbonyl (C=O) groups excluding carboxylic acids is 1. The first-order valence-electron chi connectivity index (χ1n) is 24.0. The molecular weight excluding hydrogens is 655 g/mol. The summed E-state index contributed by atoms with van der Waals surface area (Å²) in [5.74, 6) is -0.498. The zero-order valence-electron chi connectivity index (χ0n) is 35.9. The van der Waals surface area contributed by atoms with Crippen LogP contribution in [0.25, 0.3) is 0 Å². The molecule has 0 rings (SSSR count). The van der Waals surface area contributed by atoms with Crippen LogP contribution in [0.5, 0.6) is 0 Å². The maximum Gasteiger partial charge on any atom is 0.249 e. The number of nitrogens with one attached hydrogen (secondary N) is 1. The van der Waals surface area contributed by atoms with E-state index in [1.807, 2.05) is 6.08 Å². The van der Waals surface area contributed by atoms with Gasteiger partial charge in [-0.15, -0.1) is 0 Å². The van der Waals surface area contributed by atoms with Gasteiger partial charge >= 0.3 is 0 Å². The van der Waals surface area contributed by atoms with Crippen molar-refractivity contribution in [3.05, 3.63) is 12.2 Å². The highest BCUT2D eigenvalue weighted by Crippen LogP contribution is 2.17. The molecular formula is C48H95NO4. The highest BCUT2D eigenvalue weighted by molar-refractivity contribution is 5.80. The number of carbonyl (C=O) groups is 1. The van der Waals surface area contributed by atoms with Crippen molar-refractivity contribution in [2.75, 3.05) is 6.61 Å². The number of aliphatic hydroxyl groups excluding tert-OH is 3. The fourth-order valence-electron chi connectivity index (χ4n) is 7.60. The van der Waals surface area contributed by atoms with E-state index < -0.39 is 24.2 Å². The molecule has 0 aromatic carbocycles. The normalized spacial score (nSPS) is 13.5. The van der Waals surface area contributed by atoms with Gasteiger partial charge in [-0.1, -0.05) is 257 Å². The molecule has 53 heavy (non-hydrogen) atoms. The van der Waals surface area contributed by atoms with Gasteiger partial charge in [-0.2, -0.15) is 0 Å². The summed E-state index contributed by atoms with van der Waals surface area (Å²) in [4.78, 5) is 12.5. The molecule has 4 N–H and O–H groups in total. The Morgan fingerprint density at radius 3 is 1.04 bits per heavy atom. The van der Waals surface area contributed by atoms with E-state index in [0.29, 0.717) is 6.42 Å². The third kappa shape index (κ3) is 39.1. The molecule has 3 atom stereocenters. The van der Waals surface area contributed by atoms with Crippen molar-refractivity contribution in [3.8, 4) is 0 Å². The fourth-order valence-corrected chi connectivity index (χ4v) is 7.60. The van der Waals surface area contributed by atoms with Gasteiger partial charge in [0.25, 0.3) is 0 Å². The Morgan fingerprint density at radius 1 is 0.453 bits per heavy atom. The number of unbranched alkanes of at least 4 members (excludes halogenated alkanes) is 36. The summed E-state index contributed by atoms with van der Waals surface area (Å²) < 4.78 is 0. The van der Waals surface area contributed by atoms with Crippen LogP contribution in [0.4, 0.5) is 0 Å². The van der Waals surface area contributed by atoms with Gasteiger partial charge in [0.1, 0.15) is 6.10 Å². The van der Waals surface area contributed by atoms with Crippen LogP contribution in [0.3, 0.4) is 0 Å². The van der Waals surface area contributed by atoms with Crippen molar-refractivity contribution >= 4 is 5.91 Å². The largest absolute Gasteiger partial charge is 0.394 e. The summed E-state index contributed by atoms with van der Waals surface area (Å²) in [6, 6.07) is -0.792. The molecule has 0 saturated heterocycles. The summed E-state index contributed by atoms with van der Waals surface area (Å²) in [5.41, 5.74) is 0. The van der Waals surface area contributed by atoms with Gasteiger partial charge in [-0.25, -0.2) is 0 Å². The molecule has 0 aliphatic carbocycles. The van der Waals surface area contributed by atoms with E-state index in [9.17, 15) is 20.1 Å². The second-order valence-electron chi connectivity index (χ2n) is 16.7. The zero-order chi connectivity index (χ0) is 38.7. The van der Waals surface area contributed by atoms with E-state index in [4.69, 9.17) is 0 Å². The molecule has 0 bridgehead atoms. The van der Waals surface area contributed by atoms with Crippen LogP contribution in [0.15, 0.2) is 12.2 Å². The van der Waals surface area contributed by atoms with Crippen LogP contribution >= 0.6 is 0 Å². The van der Waals surface area contributed by atoms with E-state index >= 15 is 0 Å². The third-order valence-electron chi connectivity index (χ3n) is 11.4. The minimum Gasteiger partial charge on any atom is -0.394 e. The Morgan fingerprint density at radius 2 is 0.736 bits per heavy atom. The topological polar surface area (TPSA) is 89.8 Å². The lowest BCUT2D eigenvalue weighted by atomic mass is 10.0. The number of amides is 1. The minimum atomic E-state index is -1.09. The Hall–Kier alpha value is -0.910. The predicted molar refractivity (Wildman–Crippen MR) is 232 cm³/mol. The molecule has 5 heteroatoms. The quantitative estimate of drug-likeness (QED) is 0.0369. The minimum absolute atomic E-state index is 0.359. The smallest absolute Gasteiger partial charge is 0.249 e. The monoisotopic (exact) mass is 750 g/mol. The Labute approximate surface area is 331 Å². The van der Waals surface area contributed by atoms with Gasteiger partial charge in [-0.05, 0) is 19.3 Å². The molecule has 0 fully saturated rings. The lowest BCUT2D eigenvalue weighted by molar-refractivity contribution is -0.131. The number of aliphatic hydroxyl groups is 3. The van der Waals surface area contributed by atoms with Gasteiger partial charge in [-0.3, -0.25) is 4.79 Å². The second kappa shape index (κ2) is 43.8. The Balaban J connectivity index is 3.55. The van der Waals surface area contributed by atoms with Crippen LogP contribution in [-0.2, 0) is 4.79 Å². The first-order valence-corrected chi connectivity index (χ1v) is 24.0. The SMILES string of the molecule is CCCCCCCCCCCCCC/C=C/C(O)C(CO)NC(=O)C(O)CCCCCCCCCCCCCCCCCCCCCCCCCCC. The lowest BCUT2D eigenvalue weighted by Gasteiger charge is -2.21. The summed E-state index contributed by atoms with van der Waals surface area (Å²) in [7, 11) is 0. The first-order chi connectivity index (χ1) is 26.1. The van der Waals surface area contributed by atoms with Crippen LogP contribution in [0.2, 0.25) is 0 Å². The standard InChI is InChI=1S/C48H95NO4/c1-3-5-7-9-11-13-15-17-19-20-21-22-23-24-25-26-27-28-29-31-33-35-37-39-41-43-47(52)48(53)49-45(44-50)46(51)42-40-38-36-34-32-30-18-16-14-12-10-8-6-4-2/h40,42,45-47,50-52H,3-39,41,43-44H2,1-2H3,(H,49,53)/b42-40+. The van der Waals surface area contributed by atoms with E-state index in [-0.39, 0.29) is 6.61 Å². The van der Waals surface area contributed by atoms with Gasteiger partial charge in [0.05, 0.1) is 18.8 Å². The maximum absolute atomic E-state index is 12.5. The number of rotatable bonds is 44. The molecule has 3 unspecified atom stereocenters. The van der Waals surface area contributed by atoms with Gasteiger partial charge < -0.3 is 20.6 Å². The lowest BCUT2D eigenvalue weighted by Crippen LogP contribution is -2.48. The van der Waals surface area contributed by atoms with Crippen molar-refractivity contribution in [2.45, 2.75) is 283 Å². The van der Waals surface area contributed by atoms with Crippen LogP contribution in [0, 0.1) is 0 Å². The molecule has 0 aromatic rings. The molecule has 1 amide bonds. The molecule has 5 nitrogen and oxygen atoms in total. The van der Waals surface area contributed by atoms with Gasteiger partial charge in [0, 0.05) is 0 Å². The number of allylic oxidation sites excluding steroid dienone is 1. The molecule has 0 aliphatic heterocycles. The van der Waals surface area contributed by atoms with E-state index in [1.165, 1.54) is 212 Å². The van der Waals surface area contributed by atoms with Crippen LogP contribution in [0.1, 0.15) is 264 Å². The molecule has 0 aliphatic rings. The van der Waals surface area contributed by atoms with Crippen molar-refractivity contribution in [2.24, 2.45) is 0 Å². The third-order valence-corrected chi connectivity index (χ3v) is 11.4. The Kier molecular flexibility index (Phi) is 43.1. The molecule has 0 aromatic heterocycles. The zero-order valence-corrected chi connectivity index (χ0v) is 35.9. The molecule has 0 saturated carbocycles. The maximum atomic E-state index is 12.5. The van der Waals surface area contributed by atoms with E-state index in [2.05, 4.69) is 19.2 Å². The predicted octanol–water partition coefficient (Wildman–Crippen LogP) is 14.0. The van der Waals surface area contributed by atoms with Crippen molar-refractivity contribution in [1.29, 1.82) is 0 Å². The molecule has 0 spiro atoms. The summed E-state index contributed by atoms with van der Waals surface area (Å²) >= 11 is 0. The van der Waals surface area contributed by atoms with Crippen molar-refractivity contribution < 1.29 is 20.1 Å². The highest BCUT2D eigenvalue weighted by atomic mass is 16.3. The van der Waals surface area contributed by atoms with Gasteiger partial charge in [0.2, 0.25) is 5.91 Å². The van der Waals surface area contributed by atoms with E-state index in [0.717, 1.165) is 32.1 Å². The van der Waals surface area contributed by atoms with Gasteiger partial charge in [0.15, 0.2) is 0 Å². The molecule has 0 radical (unpaired) electrons. The number of hydrogen-bond donors (Lipinski definition) is 4. The number of hydrogen-bond acceptors (Lipinski definition) is 4. The average molecular weight is 750 g/mol. The van der Waals surface area contributed by atoms with Crippen LogP contribution in [-0.4, -0.2) is 46.1 Å². The fraction of sp³-hybridized carbons (Fsp3) is 0.938. The summed E-state index contributed by atoms with van der Waals surface area (Å²) in [6.07, 6.45) is 52.6. The summed E-state index contributed by atoms with van der Waals surface area (Å²) in [6.45, 7) is 4.20. The van der Waals surface area contributed by atoms with Crippen molar-refractivity contribution in [1.82, 2.24) is 5.32 Å². The Bertz CT molecular complexity index is 743. The van der Waals surface area contributed by atoms with E-state index in [1.54, 1.807) is 6.08 Å². The highest BCUT2D eigenvalue weighted by Gasteiger charge is 2.22. The average Bonchev–Trinajstić information content (AvgIpc) is 3.16.